The molecule has 1 aliphatic carbocycles. The lowest BCUT2D eigenvalue weighted by atomic mass is 9.82. The normalized spacial score (nSPS) is 21.4. The summed E-state index contributed by atoms with van der Waals surface area (Å²) in [5.74, 6) is 1.17. The van der Waals surface area contributed by atoms with Gasteiger partial charge in [0, 0.05) is 25.7 Å². The topological polar surface area (TPSA) is 28.2 Å². The maximum atomic E-state index is 4.85. The van der Waals surface area contributed by atoms with Gasteiger partial charge in [0.15, 0.2) is 0 Å². The van der Waals surface area contributed by atoms with Gasteiger partial charge in [-0.25, -0.2) is 4.98 Å². The first kappa shape index (κ1) is 13.9. The van der Waals surface area contributed by atoms with Gasteiger partial charge in [0.05, 0.1) is 5.69 Å². The smallest absolute Gasteiger partial charge is 0.128 e. The molecule has 20 heavy (non-hydrogen) atoms. The number of hydrogen-bond acceptors (Lipinski definition) is 3. The van der Waals surface area contributed by atoms with Crippen LogP contribution >= 0.6 is 0 Å². The lowest BCUT2D eigenvalue weighted by Crippen LogP contribution is -2.27. The monoisotopic (exact) mass is 273 g/mol. The Morgan fingerprint density at radius 1 is 1.30 bits per heavy atom. The Bertz CT molecular complexity index is 449. The molecule has 0 aromatic carbocycles. The van der Waals surface area contributed by atoms with E-state index in [4.69, 9.17) is 4.98 Å². The van der Waals surface area contributed by atoms with E-state index in [1.54, 1.807) is 0 Å². The fourth-order valence-electron chi connectivity index (χ4n) is 3.24. The van der Waals surface area contributed by atoms with Gasteiger partial charge in [-0.1, -0.05) is 19.9 Å². The predicted molar refractivity (Wildman–Crippen MR) is 83.9 cm³/mol. The van der Waals surface area contributed by atoms with Crippen LogP contribution in [0.5, 0.6) is 0 Å². The Morgan fingerprint density at radius 3 is 2.75 bits per heavy atom. The van der Waals surface area contributed by atoms with E-state index in [1.165, 1.54) is 50.2 Å². The van der Waals surface area contributed by atoms with Gasteiger partial charge in [0.25, 0.3) is 0 Å². The second-order valence-corrected chi connectivity index (χ2v) is 6.52. The van der Waals surface area contributed by atoms with Crippen LogP contribution in [-0.2, 0) is 6.54 Å². The number of pyridine rings is 1. The van der Waals surface area contributed by atoms with Crippen molar-refractivity contribution in [2.75, 3.05) is 18.0 Å². The minimum Gasteiger partial charge on any atom is -0.356 e. The van der Waals surface area contributed by atoms with Crippen LogP contribution in [0.15, 0.2) is 18.2 Å². The SMILES string of the molecule is CCC1(CC)CCN(c2cccc(CNC3CC3)n2)C1. The summed E-state index contributed by atoms with van der Waals surface area (Å²) in [5.41, 5.74) is 1.70. The van der Waals surface area contributed by atoms with E-state index in [2.05, 4.69) is 42.3 Å². The summed E-state index contributed by atoms with van der Waals surface area (Å²) < 4.78 is 0. The largest absolute Gasteiger partial charge is 0.356 e. The molecule has 1 aliphatic heterocycles. The van der Waals surface area contributed by atoms with Crippen molar-refractivity contribution in [2.24, 2.45) is 5.41 Å². The number of anilines is 1. The molecule has 1 saturated carbocycles. The zero-order valence-corrected chi connectivity index (χ0v) is 12.9. The maximum absolute atomic E-state index is 4.85. The number of rotatable bonds is 6. The van der Waals surface area contributed by atoms with Gasteiger partial charge in [-0.2, -0.15) is 0 Å². The molecular formula is C17H27N3. The summed E-state index contributed by atoms with van der Waals surface area (Å²) in [7, 11) is 0. The van der Waals surface area contributed by atoms with Crippen LogP contribution in [0.1, 0.15) is 51.6 Å². The molecule has 0 atom stereocenters. The molecule has 0 bridgehead atoms. The highest BCUT2D eigenvalue weighted by molar-refractivity contribution is 5.41. The first-order valence-corrected chi connectivity index (χ1v) is 8.19. The Kier molecular flexibility index (Phi) is 3.97. The van der Waals surface area contributed by atoms with Gasteiger partial charge in [-0.3, -0.25) is 0 Å². The highest BCUT2D eigenvalue weighted by atomic mass is 15.2. The van der Waals surface area contributed by atoms with E-state index >= 15 is 0 Å². The van der Waals surface area contributed by atoms with Crippen molar-refractivity contribution < 1.29 is 0 Å². The molecule has 1 aromatic heterocycles. The lowest BCUT2D eigenvalue weighted by molar-refractivity contribution is 0.301. The summed E-state index contributed by atoms with van der Waals surface area (Å²) in [6.45, 7) is 7.91. The molecule has 3 nitrogen and oxygen atoms in total. The second-order valence-electron chi connectivity index (χ2n) is 6.52. The van der Waals surface area contributed by atoms with Gasteiger partial charge >= 0.3 is 0 Å². The molecule has 3 rings (SSSR count). The van der Waals surface area contributed by atoms with E-state index in [9.17, 15) is 0 Å². The third-order valence-electron chi connectivity index (χ3n) is 5.20. The summed E-state index contributed by atoms with van der Waals surface area (Å²) in [4.78, 5) is 7.33. The molecule has 2 aliphatic rings. The minimum absolute atomic E-state index is 0.518. The first-order chi connectivity index (χ1) is 9.74. The molecule has 3 heteroatoms. The number of nitrogens with one attached hydrogen (secondary N) is 1. The Morgan fingerprint density at radius 2 is 2.10 bits per heavy atom. The van der Waals surface area contributed by atoms with Crippen LogP contribution in [0.2, 0.25) is 0 Å². The predicted octanol–water partition coefficient (Wildman–Crippen LogP) is 3.35. The van der Waals surface area contributed by atoms with Crippen molar-refractivity contribution in [1.29, 1.82) is 0 Å². The first-order valence-electron chi connectivity index (χ1n) is 8.19. The molecule has 0 amide bonds. The third-order valence-corrected chi connectivity index (χ3v) is 5.20. The van der Waals surface area contributed by atoms with Crippen molar-refractivity contribution in [2.45, 2.75) is 58.5 Å². The van der Waals surface area contributed by atoms with Gasteiger partial charge in [-0.15, -0.1) is 0 Å². The summed E-state index contributed by atoms with van der Waals surface area (Å²) >= 11 is 0. The number of hydrogen-bond donors (Lipinski definition) is 1. The zero-order valence-electron chi connectivity index (χ0n) is 12.9. The number of aromatic nitrogens is 1. The molecule has 0 spiro atoms. The van der Waals surface area contributed by atoms with E-state index in [1.807, 2.05) is 0 Å². The fourth-order valence-corrected chi connectivity index (χ4v) is 3.24. The van der Waals surface area contributed by atoms with E-state index in [-0.39, 0.29) is 0 Å². The van der Waals surface area contributed by atoms with Gasteiger partial charge in [0.1, 0.15) is 5.82 Å². The molecule has 1 N–H and O–H groups in total. The second kappa shape index (κ2) is 5.72. The molecule has 0 unspecified atom stereocenters. The summed E-state index contributed by atoms with van der Waals surface area (Å²) in [6.07, 6.45) is 6.54. The van der Waals surface area contributed by atoms with Crippen molar-refractivity contribution in [3.05, 3.63) is 23.9 Å². The molecule has 1 aromatic rings. The van der Waals surface area contributed by atoms with Crippen molar-refractivity contribution in [3.8, 4) is 0 Å². The molecule has 110 valence electrons. The Labute approximate surface area is 122 Å². The van der Waals surface area contributed by atoms with Gasteiger partial charge in [0.2, 0.25) is 0 Å². The van der Waals surface area contributed by atoms with Crippen LogP contribution in [0.4, 0.5) is 5.82 Å². The molecule has 1 saturated heterocycles. The Hall–Kier alpha value is -1.09. The molecule has 0 radical (unpaired) electrons. The highest BCUT2D eigenvalue weighted by Crippen LogP contribution is 2.38. The quantitative estimate of drug-likeness (QED) is 0.861. The highest BCUT2D eigenvalue weighted by Gasteiger charge is 2.35. The number of nitrogens with zero attached hydrogens (tertiary/aromatic N) is 2. The minimum atomic E-state index is 0.518. The van der Waals surface area contributed by atoms with Crippen LogP contribution < -0.4 is 10.2 Å². The maximum Gasteiger partial charge on any atom is 0.128 e. The Balaban J connectivity index is 1.66. The molecule has 2 fully saturated rings. The van der Waals surface area contributed by atoms with Gasteiger partial charge in [-0.05, 0) is 49.7 Å². The lowest BCUT2D eigenvalue weighted by Gasteiger charge is -2.26. The average Bonchev–Trinajstić information content (AvgIpc) is 3.23. The molecular weight excluding hydrogens is 246 g/mol. The van der Waals surface area contributed by atoms with Crippen molar-refractivity contribution in [3.63, 3.8) is 0 Å². The van der Waals surface area contributed by atoms with Crippen molar-refractivity contribution in [1.82, 2.24) is 10.3 Å². The average molecular weight is 273 g/mol. The van der Waals surface area contributed by atoms with E-state index in [0.29, 0.717) is 5.41 Å². The van der Waals surface area contributed by atoms with Gasteiger partial charge < -0.3 is 10.2 Å². The van der Waals surface area contributed by atoms with Crippen LogP contribution in [0, 0.1) is 5.41 Å². The third kappa shape index (κ3) is 2.98. The van der Waals surface area contributed by atoms with Crippen molar-refractivity contribution >= 4 is 5.82 Å². The van der Waals surface area contributed by atoms with Crippen LogP contribution in [0.3, 0.4) is 0 Å². The van der Waals surface area contributed by atoms with E-state index in [0.717, 1.165) is 19.1 Å². The van der Waals surface area contributed by atoms with E-state index < -0.39 is 0 Å². The zero-order chi connectivity index (χ0) is 14.0. The molecule has 2 heterocycles. The summed E-state index contributed by atoms with van der Waals surface area (Å²) in [6, 6.07) is 7.22. The fraction of sp³-hybridized carbons (Fsp3) is 0.706. The standard InChI is InChI=1S/C17H27N3/c1-3-17(4-2)10-11-20(13-17)16-7-5-6-15(19-16)12-18-14-8-9-14/h5-7,14,18H,3-4,8-13H2,1-2H3. The summed E-state index contributed by atoms with van der Waals surface area (Å²) in [5, 5.41) is 3.55. The van der Waals surface area contributed by atoms with Crippen LogP contribution in [-0.4, -0.2) is 24.1 Å². The van der Waals surface area contributed by atoms with Crippen LogP contribution in [0.25, 0.3) is 0 Å².